The quantitative estimate of drug-likeness (QED) is 0.897. The molecule has 2 heterocycles. The van der Waals surface area contributed by atoms with Gasteiger partial charge in [0.1, 0.15) is 5.69 Å². The topological polar surface area (TPSA) is 68.0 Å². The number of rotatable bonds is 3. The molecule has 0 spiro atoms. The molecule has 2 rings (SSSR count). The van der Waals surface area contributed by atoms with Crippen LogP contribution in [0.2, 0.25) is 0 Å². The highest BCUT2D eigenvalue weighted by atomic mass is 16.4. The average molecular weight is 245 g/mol. The van der Waals surface area contributed by atoms with E-state index < -0.39 is 5.97 Å². The molecular formula is C13H15N3O2. The van der Waals surface area contributed by atoms with Gasteiger partial charge in [0, 0.05) is 11.9 Å². The van der Waals surface area contributed by atoms with Gasteiger partial charge in [-0.2, -0.15) is 5.10 Å². The molecule has 0 saturated carbocycles. The van der Waals surface area contributed by atoms with Gasteiger partial charge in [0.05, 0.1) is 12.2 Å². The summed E-state index contributed by atoms with van der Waals surface area (Å²) in [4.78, 5) is 14.6. The van der Waals surface area contributed by atoms with Gasteiger partial charge in [-0.1, -0.05) is 0 Å². The van der Waals surface area contributed by atoms with Gasteiger partial charge >= 0.3 is 5.97 Å². The lowest BCUT2D eigenvalue weighted by Gasteiger charge is -2.05. The van der Waals surface area contributed by atoms with E-state index in [4.69, 9.17) is 5.11 Å². The van der Waals surface area contributed by atoms with E-state index in [1.165, 1.54) is 11.8 Å². The smallest absolute Gasteiger partial charge is 0.354 e. The molecule has 18 heavy (non-hydrogen) atoms. The van der Waals surface area contributed by atoms with Crippen LogP contribution in [0.1, 0.15) is 33.0 Å². The van der Waals surface area contributed by atoms with Crippen molar-refractivity contribution < 1.29 is 9.90 Å². The Kier molecular flexibility index (Phi) is 3.14. The van der Waals surface area contributed by atoms with E-state index in [0.717, 1.165) is 17.0 Å². The van der Waals surface area contributed by atoms with Crippen LogP contribution in [-0.2, 0) is 6.54 Å². The molecule has 5 heteroatoms. The minimum absolute atomic E-state index is 0.0609. The maximum Gasteiger partial charge on any atom is 0.354 e. The van der Waals surface area contributed by atoms with E-state index in [1.807, 2.05) is 25.5 Å². The van der Waals surface area contributed by atoms with Crippen molar-refractivity contribution in [2.75, 3.05) is 0 Å². The Hall–Kier alpha value is -2.17. The molecule has 0 aliphatic rings. The fourth-order valence-electron chi connectivity index (χ4n) is 1.80. The molecule has 2 aromatic rings. The Morgan fingerprint density at radius 3 is 2.67 bits per heavy atom. The van der Waals surface area contributed by atoms with Crippen molar-refractivity contribution in [1.82, 2.24) is 14.8 Å². The van der Waals surface area contributed by atoms with Crippen LogP contribution >= 0.6 is 0 Å². The van der Waals surface area contributed by atoms with E-state index in [1.54, 1.807) is 12.1 Å². The summed E-state index contributed by atoms with van der Waals surface area (Å²) in [5.74, 6) is -1.01. The number of hydrogen-bond acceptors (Lipinski definition) is 3. The molecule has 0 saturated heterocycles. The predicted molar refractivity (Wildman–Crippen MR) is 66.7 cm³/mol. The third-order valence-electron chi connectivity index (χ3n) is 3.12. The molecule has 0 aromatic carbocycles. The van der Waals surface area contributed by atoms with Crippen LogP contribution in [0.4, 0.5) is 0 Å². The van der Waals surface area contributed by atoms with Gasteiger partial charge in [-0.05, 0) is 44.0 Å². The normalized spacial score (nSPS) is 10.6. The minimum atomic E-state index is -1.01. The first-order chi connectivity index (χ1) is 8.49. The number of carboxylic acids is 1. The molecular weight excluding hydrogens is 230 g/mol. The zero-order valence-corrected chi connectivity index (χ0v) is 10.6. The Morgan fingerprint density at radius 2 is 2.11 bits per heavy atom. The molecule has 0 radical (unpaired) electrons. The third kappa shape index (κ3) is 2.25. The van der Waals surface area contributed by atoms with E-state index in [9.17, 15) is 4.79 Å². The Morgan fingerprint density at radius 1 is 1.39 bits per heavy atom. The highest BCUT2D eigenvalue weighted by Crippen LogP contribution is 2.13. The third-order valence-corrected chi connectivity index (χ3v) is 3.12. The standard InChI is InChI=1S/C13H15N3O2/c1-8-9(2)15-16(10(8)3)7-11-4-5-14-12(6-11)13(17)18/h4-6H,7H2,1-3H3,(H,17,18). The van der Waals surface area contributed by atoms with Crippen molar-refractivity contribution in [3.05, 3.63) is 46.5 Å². The first kappa shape index (κ1) is 12.3. The maximum atomic E-state index is 10.8. The Balaban J connectivity index is 2.31. The number of pyridine rings is 1. The zero-order chi connectivity index (χ0) is 13.3. The maximum absolute atomic E-state index is 10.8. The van der Waals surface area contributed by atoms with Gasteiger partial charge in [-0.3, -0.25) is 4.68 Å². The van der Waals surface area contributed by atoms with Crippen LogP contribution in [-0.4, -0.2) is 25.8 Å². The van der Waals surface area contributed by atoms with Crippen molar-refractivity contribution in [3.63, 3.8) is 0 Å². The second-order valence-corrected chi connectivity index (χ2v) is 4.31. The lowest BCUT2D eigenvalue weighted by Crippen LogP contribution is -2.07. The second kappa shape index (κ2) is 4.60. The summed E-state index contributed by atoms with van der Waals surface area (Å²) in [5.41, 5.74) is 4.21. The van der Waals surface area contributed by atoms with Crippen molar-refractivity contribution in [1.29, 1.82) is 0 Å². The summed E-state index contributed by atoms with van der Waals surface area (Å²) in [6.07, 6.45) is 1.51. The van der Waals surface area contributed by atoms with Crippen molar-refractivity contribution in [2.45, 2.75) is 27.3 Å². The van der Waals surface area contributed by atoms with Crippen LogP contribution in [0.3, 0.4) is 0 Å². The highest BCUT2D eigenvalue weighted by molar-refractivity contribution is 5.85. The Labute approximate surface area is 105 Å². The number of nitrogens with zero attached hydrogens (tertiary/aromatic N) is 3. The van der Waals surface area contributed by atoms with E-state index >= 15 is 0 Å². The number of aromatic nitrogens is 3. The first-order valence-corrected chi connectivity index (χ1v) is 5.68. The van der Waals surface area contributed by atoms with E-state index in [0.29, 0.717) is 6.54 Å². The lowest BCUT2D eigenvalue weighted by atomic mass is 10.2. The van der Waals surface area contributed by atoms with Crippen LogP contribution in [0.25, 0.3) is 0 Å². The fourth-order valence-corrected chi connectivity index (χ4v) is 1.80. The summed E-state index contributed by atoms with van der Waals surface area (Å²) in [6, 6.07) is 3.38. The number of hydrogen-bond donors (Lipinski definition) is 1. The molecule has 0 amide bonds. The summed E-state index contributed by atoms with van der Waals surface area (Å²) < 4.78 is 1.88. The van der Waals surface area contributed by atoms with Crippen LogP contribution in [0, 0.1) is 20.8 Å². The van der Waals surface area contributed by atoms with E-state index in [2.05, 4.69) is 10.1 Å². The molecule has 0 fully saturated rings. The summed E-state index contributed by atoms with van der Waals surface area (Å²) in [5, 5.41) is 13.3. The Bertz CT molecular complexity index is 602. The van der Waals surface area contributed by atoms with Gasteiger partial charge in [-0.25, -0.2) is 9.78 Å². The van der Waals surface area contributed by atoms with Crippen LogP contribution in [0.5, 0.6) is 0 Å². The van der Waals surface area contributed by atoms with Gasteiger partial charge in [-0.15, -0.1) is 0 Å². The van der Waals surface area contributed by atoms with E-state index in [-0.39, 0.29) is 5.69 Å². The first-order valence-electron chi connectivity index (χ1n) is 5.68. The molecule has 0 atom stereocenters. The summed E-state index contributed by atoms with van der Waals surface area (Å²) in [7, 11) is 0. The summed E-state index contributed by atoms with van der Waals surface area (Å²) >= 11 is 0. The largest absolute Gasteiger partial charge is 0.477 e. The molecule has 0 bridgehead atoms. The average Bonchev–Trinajstić information content (AvgIpc) is 2.57. The second-order valence-electron chi connectivity index (χ2n) is 4.31. The number of carboxylic acid groups (broad SMARTS) is 1. The van der Waals surface area contributed by atoms with Gasteiger partial charge in [0.25, 0.3) is 0 Å². The molecule has 0 aliphatic heterocycles. The van der Waals surface area contributed by atoms with Gasteiger partial charge in [0.2, 0.25) is 0 Å². The van der Waals surface area contributed by atoms with Crippen LogP contribution in [0.15, 0.2) is 18.3 Å². The lowest BCUT2D eigenvalue weighted by molar-refractivity contribution is 0.0690. The van der Waals surface area contributed by atoms with Gasteiger partial charge < -0.3 is 5.11 Å². The van der Waals surface area contributed by atoms with Crippen molar-refractivity contribution >= 4 is 5.97 Å². The molecule has 0 unspecified atom stereocenters. The molecule has 5 nitrogen and oxygen atoms in total. The number of aromatic carboxylic acids is 1. The molecule has 0 aliphatic carbocycles. The summed E-state index contributed by atoms with van der Waals surface area (Å²) in [6.45, 7) is 6.56. The molecule has 94 valence electrons. The number of carbonyl (C=O) groups is 1. The molecule has 1 N–H and O–H groups in total. The zero-order valence-electron chi connectivity index (χ0n) is 10.6. The monoisotopic (exact) mass is 245 g/mol. The van der Waals surface area contributed by atoms with Crippen LogP contribution < -0.4 is 0 Å². The fraction of sp³-hybridized carbons (Fsp3) is 0.308. The number of aryl methyl sites for hydroxylation is 1. The molecule has 2 aromatic heterocycles. The van der Waals surface area contributed by atoms with Gasteiger partial charge in [0.15, 0.2) is 0 Å². The van der Waals surface area contributed by atoms with Crippen molar-refractivity contribution in [2.24, 2.45) is 0 Å². The predicted octanol–water partition coefficient (Wildman–Crippen LogP) is 1.95. The van der Waals surface area contributed by atoms with Crippen molar-refractivity contribution in [3.8, 4) is 0 Å². The highest BCUT2D eigenvalue weighted by Gasteiger charge is 2.09. The minimum Gasteiger partial charge on any atom is -0.477 e. The SMILES string of the molecule is Cc1nn(Cc2ccnc(C(=O)O)c2)c(C)c1C.